The number of hydrogen-bond acceptors (Lipinski definition) is 4. The Kier molecular flexibility index (Phi) is 3.29. The summed E-state index contributed by atoms with van der Waals surface area (Å²) in [6.07, 6.45) is 5.63. The van der Waals surface area contributed by atoms with Gasteiger partial charge in [-0.2, -0.15) is 0 Å². The van der Waals surface area contributed by atoms with Gasteiger partial charge in [-0.05, 0) is 30.7 Å². The van der Waals surface area contributed by atoms with Crippen molar-refractivity contribution < 1.29 is 0 Å². The average molecular weight is 312 g/mol. The molecule has 1 aliphatic carbocycles. The van der Waals surface area contributed by atoms with Gasteiger partial charge in [-0.25, -0.2) is 9.97 Å². The Morgan fingerprint density at radius 2 is 2.29 bits per heavy atom. The average Bonchev–Trinajstić information content (AvgIpc) is 2.73. The minimum absolute atomic E-state index is 0.672. The van der Waals surface area contributed by atoms with E-state index in [1.54, 1.807) is 17.7 Å². The molecule has 0 bridgehead atoms. The third kappa shape index (κ3) is 2.06. The quantitative estimate of drug-likeness (QED) is 0.810. The van der Waals surface area contributed by atoms with Crippen LogP contribution in [0, 0.1) is 0 Å². The highest BCUT2D eigenvalue weighted by Gasteiger charge is 2.26. The molecule has 0 amide bonds. The van der Waals surface area contributed by atoms with E-state index in [1.807, 2.05) is 0 Å². The Balaban J connectivity index is 2.01. The van der Waals surface area contributed by atoms with Gasteiger partial charge in [-0.1, -0.05) is 15.9 Å². The molecule has 1 aliphatic rings. The molecular weight excluding hydrogens is 298 g/mol. The van der Waals surface area contributed by atoms with E-state index in [1.165, 1.54) is 24.6 Å². The number of fused-ring (bicyclic) bond motifs is 1. The third-order valence-electron chi connectivity index (χ3n) is 3.35. The molecular formula is C12H14BrN3S. The predicted octanol–water partition coefficient (Wildman–Crippen LogP) is 3.45. The first-order valence-corrected chi connectivity index (χ1v) is 7.91. The second-order valence-electron chi connectivity index (χ2n) is 4.30. The van der Waals surface area contributed by atoms with Crippen molar-refractivity contribution in [3.05, 3.63) is 17.8 Å². The summed E-state index contributed by atoms with van der Waals surface area (Å²) in [6, 6.07) is 2.81. The maximum Gasteiger partial charge on any atom is 0.141 e. The molecule has 0 spiro atoms. The molecule has 17 heavy (non-hydrogen) atoms. The van der Waals surface area contributed by atoms with Crippen molar-refractivity contribution in [3.8, 4) is 0 Å². The van der Waals surface area contributed by atoms with Gasteiger partial charge in [-0.3, -0.25) is 0 Å². The summed E-state index contributed by atoms with van der Waals surface area (Å²) < 4.78 is 0. The van der Waals surface area contributed by atoms with Gasteiger partial charge in [0.25, 0.3) is 0 Å². The van der Waals surface area contributed by atoms with Crippen LogP contribution in [0.15, 0.2) is 17.8 Å². The Bertz CT molecular complexity index is 509. The van der Waals surface area contributed by atoms with E-state index in [9.17, 15) is 0 Å². The lowest BCUT2D eigenvalue weighted by Crippen LogP contribution is -2.42. The molecule has 1 saturated carbocycles. The van der Waals surface area contributed by atoms with E-state index in [2.05, 4.69) is 42.2 Å². The van der Waals surface area contributed by atoms with Gasteiger partial charge in [0.05, 0.1) is 5.39 Å². The monoisotopic (exact) mass is 311 g/mol. The zero-order valence-electron chi connectivity index (χ0n) is 9.47. The zero-order valence-corrected chi connectivity index (χ0v) is 11.9. The molecule has 3 rings (SSSR count). The van der Waals surface area contributed by atoms with Gasteiger partial charge < -0.3 is 4.90 Å². The number of halogens is 1. The summed E-state index contributed by atoms with van der Waals surface area (Å²) in [7, 11) is 0. The summed E-state index contributed by atoms with van der Waals surface area (Å²) in [5.74, 6) is 1.11. The normalized spacial score (nSPS) is 16.1. The largest absolute Gasteiger partial charge is 0.352 e. The van der Waals surface area contributed by atoms with Crippen molar-refractivity contribution in [3.63, 3.8) is 0 Å². The Morgan fingerprint density at radius 1 is 1.41 bits per heavy atom. The van der Waals surface area contributed by atoms with Gasteiger partial charge in [0.1, 0.15) is 17.0 Å². The van der Waals surface area contributed by atoms with Crippen molar-refractivity contribution in [2.75, 3.05) is 16.8 Å². The summed E-state index contributed by atoms with van der Waals surface area (Å²) in [4.78, 5) is 12.3. The Morgan fingerprint density at radius 3 is 3.00 bits per heavy atom. The highest BCUT2D eigenvalue weighted by Crippen LogP contribution is 2.33. The van der Waals surface area contributed by atoms with Crippen LogP contribution in [-0.4, -0.2) is 27.9 Å². The molecule has 2 aromatic heterocycles. The number of rotatable bonds is 4. The minimum Gasteiger partial charge on any atom is -0.352 e. The Labute approximate surface area is 113 Å². The smallest absolute Gasteiger partial charge is 0.141 e. The number of anilines is 1. The fraction of sp³-hybridized carbons (Fsp3) is 0.500. The van der Waals surface area contributed by atoms with Crippen LogP contribution in [0.3, 0.4) is 0 Å². The summed E-state index contributed by atoms with van der Waals surface area (Å²) in [5.41, 5.74) is 0. The molecule has 0 radical (unpaired) electrons. The molecule has 0 N–H and O–H groups in total. The van der Waals surface area contributed by atoms with Crippen LogP contribution >= 0.6 is 27.3 Å². The van der Waals surface area contributed by atoms with Crippen molar-refractivity contribution in [1.29, 1.82) is 0 Å². The van der Waals surface area contributed by atoms with Crippen LogP contribution in [-0.2, 0) is 0 Å². The molecule has 2 heterocycles. The van der Waals surface area contributed by atoms with Crippen molar-refractivity contribution >= 4 is 43.3 Å². The van der Waals surface area contributed by atoms with Crippen LogP contribution in [0.4, 0.5) is 5.82 Å². The SMILES string of the molecule is BrCCN(c1ncnc2sccc12)C1CCC1. The summed E-state index contributed by atoms with van der Waals surface area (Å²) in [5, 5.41) is 4.28. The highest BCUT2D eigenvalue weighted by molar-refractivity contribution is 9.09. The first-order valence-electron chi connectivity index (χ1n) is 5.91. The first kappa shape index (κ1) is 11.4. The van der Waals surface area contributed by atoms with Gasteiger partial charge in [0, 0.05) is 17.9 Å². The van der Waals surface area contributed by atoms with Crippen LogP contribution in [0.5, 0.6) is 0 Å². The lowest BCUT2D eigenvalue weighted by molar-refractivity contribution is 0.389. The van der Waals surface area contributed by atoms with Gasteiger partial charge in [0.2, 0.25) is 0 Å². The molecule has 2 aromatic rings. The molecule has 0 aromatic carbocycles. The Hall–Kier alpha value is -0.680. The molecule has 90 valence electrons. The standard InChI is InChI=1S/C12H14BrN3S/c13-5-6-16(9-2-1-3-9)11-10-4-7-17-12(10)15-8-14-11/h4,7-9H,1-3,5-6H2. The number of thiophene rings is 1. The fourth-order valence-corrected chi connectivity index (χ4v) is 3.37. The van der Waals surface area contributed by atoms with E-state index in [0.717, 1.165) is 22.5 Å². The predicted molar refractivity (Wildman–Crippen MR) is 76.2 cm³/mol. The van der Waals surface area contributed by atoms with Crippen LogP contribution in [0.2, 0.25) is 0 Å². The lowest BCUT2D eigenvalue weighted by atomic mass is 9.91. The van der Waals surface area contributed by atoms with E-state index < -0.39 is 0 Å². The molecule has 0 unspecified atom stereocenters. The van der Waals surface area contributed by atoms with Crippen molar-refractivity contribution in [2.45, 2.75) is 25.3 Å². The molecule has 5 heteroatoms. The molecule has 0 atom stereocenters. The zero-order chi connectivity index (χ0) is 11.7. The first-order chi connectivity index (χ1) is 8.40. The number of aromatic nitrogens is 2. The fourth-order valence-electron chi connectivity index (χ4n) is 2.26. The second-order valence-corrected chi connectivity index (χ2v) is 5.99. The topological polar surface area (TPSA) is 29.0 Å². The number of nitrogens with zero attached hydrogens (tertiary/aromatic N) is 3. The van der Waals surface area contributed by atoms with Crippen molar-refractivity contribution in [1.82, 2.24) is 9.97 Å². The highest BCUT2D eigenvalue weighted by atomic mass is 79.9. The molecule has 0 aliphatic heterocycles. The van der Waals surface area contributed by atoms with Gasteiger partial charge in [0.15, 0.2) is 0 Å². The lowest BCUT2D eigenvalue weighted by Gasteiger charge is -2.38. The van der Waals surface area contributed by atoms with E-state index in [4.69, 9.17) is 0 Å². The number of hydrogen-bond donors (Lipinski definition) is 0. The van der Waals surface area contributed by atoms with Crippen LogP contribution < -0.4 is 4.90 Å². The van der Waals surface area contributed by atoms with Gasteiger partial charge in [-0.15, -0.1) is 11.3 Å². The van der Waals surface area contributed by atoms with E-state index in [-0.39, 0.29) is 0 Å². The molecule has 0 saturated heterocycles. The number of alkyl halides is 1. The van der Waals surface area contributed by atoms with Crippen LogP contribution in [0.25, 0.3) is 10.2 Å². The third-order valence-corrected chi connectivity index (χ3v) is 4.53. The van der Waals surface area contributed by atoms with Crippen molar-refractivity contribution in [2.24, 2.45) is 0 Å². The second kappa shape index (κ2) is 4.90. The maximum atomic E-state index is 4.50. The minimum atomic E-state index is 0.672. The molecule has 3 nitrogen and oxygen atoms in total. The molecule has 1 fully saturated rings. The van der Waals surface area contributed by atoms with E-state index in [0.29, 0.717) is 6.04 Å². The maximum absolute atomic E-state index is 4.50. The van der Waals surface area contributed by atoms with Gasteiger partial charge >= 0.3 is 0 Å². The van der Waals surface area contributed by atoms with Crippen LogP contribution in [0.1, 0.15) is 19.3 Å². The summed E-state index contributed by atoms with van der Waals surface area (Å²) >= 11 is 5.23. The van der Waals surface area contributed by atoms with E-state index >= 15 is 0 Å². The summed E-state index contributed by atoms with van der Waals surface area (Å²) in [6.45, 7) is 1.02.